The van der Waals surface area contributed by atoms with Crippen LogP contribution in [0.3, 0.4) is 0 Å². The van der Waals surface area contributed by atoms with Crippen molar-refractivity contribution in [2.24, 2.45) is 0 Å². The molecule has 2 aromatic heterocycles. The fourth-order valence-electron chi connectivity index (χ4n) is 1.66. The van der Waals surface area contributed by atoms with E-state index in [0.717, 1.165) is 10.9 Å². The van der Waals surface area contributed by atoms with Crippen LogP contribution in [0.5, 0.6) is 11.6 Å². The molecule has 3 aromatic rings. The maximum Gasteiger partial charge on any atom is 0.243 e. The summed E-state index contributed by atoms with van der Waals surface area (Å²) in [6, 6.07) is 9.60. The van der Waals surface area contributed by atoms with Crippen molar-refractivity contribution in [2.45, 2.75) is 0 Å². The zero-order valence-electron chi connectivity index (χ0n) is 9.75. The lowest BCUT2D eigenvalue weighted by Crippen LogP contribution is -1.96. The minimum Gasteiger partial charge on any atom is -0.436 e. The minimum absolute atomic E-state index is 0.181. The number of rotatable bonds is 2. The number of benzene rings is 1. The predicted molar refractivity (Wildman–Crippen MR) is 73.3 cm³/mol. The van der Waals surface area contributed by atoms with E-state index in [0.29, 0.717) is 5.75 Å². The SMILES string of the molecule is Nc1ncnc(Oc2cnc3ccccc3c2)c1Cl. The van der Waals surface area contributed by atoms with Crippen LogP contribution in [-0.4, -0.2) is 15.0 Å². The Hall–Kier alpha value is -2.40. The third kappa shape index (κ3) is 2.28. The van der Waals surface area contributed by atoms with Crippen molar-refractivity contribution >= 4 is 28.3 Å². The monoisotopic (exact) mass is 272 g/mol. The Kier molecular flexibility index (Phi) is 2.89. The molecule has 0 amide bonds. The Balaban J connectivity index is 1.99. The Labute approximate surface area is 114 Å². The Morgan fingerprint density at radius 3 is 2.84 bits per heavy atom. The summed E-state index contributed by atoms with van der Waals surface area (Å²) in [5.74, 6) is 0.936. The summed E-state index contributed by atoms with van der Waals surface area (Å²) in [7, 11) is 0. The molecule has 19 heavy (non-hydrogen) atoms. The van der Waals surface area contributed by atoms with Crippen molar-refractivity contribution in [3.05, 3.63) is 47.9 Å². The zero-order chi connectivity index (χ0) is 13.2. The first-order valence-electron chi connectivity index (χ1n) is 5.52. The summed E-state index contributed by atoms with van der Waals surface area (Å²) in [5.41, 5.74) is 6.48. The number of anilines is 1. The summed E-state index contributed by atoms with van der Waals surface area (Å²) in [6.07, 6.45) is 2.90. The largest absolute Gasteiger partial charge is 0.436 e. The highest BCUT2D eigenvalue weighted by Crippen LogP contribution is 2.30. The standard InChI is InChI=1S/C13H9ClN4O/c14-11-12(15)17-7-18-13(11)19-9-5-8-3-1-2-4-10(8)16-6-9/h1-7H,(H2,15,17,18). The van der Waals surface area contributed by atoms with Gasteiger partial charge in [0.1, 0.15) is 22.9 Å². The highest BCUT2D eigenvalue weighted by atomic mass is 35.5. The van der Waals surface area contributed by atoms with Crippen LogP contribution in [0.25, 0.3) is 10.9 Å². The highest BCUT2D eigenvalue weighted by Gasteiger charge is 2.09. The van der Waals surface area contributed by atoms with Gasteiger partial charge in [0.05, 0.1) is 11.7 Å². The second kappa shape index (κ2) is 4.70. The average Bonchev–Trinajstić information content (AvgIpc) is 2.44. The Bertz CT molecular complexity index is 748. The molecule has 0 aliphatic heterocycles. The maximum absolute atomic E-state index is 5.97. The topological polar surface area (TPSA) is 73.9 Å². The first-order chi connectivity index (χ1) is 9.24. The molecule has 0 saturated heterocycles. The Morgan fingerprint density at radius 2 is 1.95 bits per heavy atom. The normalized spacial score (nSPS) is 10.6. The van der Waals surface area contributed by atoms with Crippen LogP contribution in [0.1, 0.15) is 0 Å². The number of aromatic nitrogens is 3. The number of fused-ring (bicyclic) bond motifs is 1. The van der Waals surface area contributed by atoms with Gasteiger partial charge in [0.15, 0.2) is 0 Å². The van der Waals surface area contributed by atoms with Gasteiger partial charge >= 0.3 is 0 Å². The number of halogens is 1. The van der Waals surface area contributed by atoms with E-state index in [-0.39, 0.29) is 16.7 Å². The molecule has 2 N–H and O–H groups in total. The second-order valence-electron chi connectivity index (χ2n) is 3.84. The van der Waals surface area contributed by atoms with Crippen LogP contribution >= 0.6 is 11.6 Å². The fourth-order valence-corrected chi connectivity index (χ4v) is 1.79. The van der Waals surface area contributed by atoms with E-state index >= 15 is 0 Å². The molecular formula is C13H9ClN4O. The van der Waals surface area contributed by atoms with Gasteiger partial charge in [-0.1, -0.05) is 29.8 Å². The molecule has 2 heterocycles. The van der Waals surface area contributed by atoms with Gasteiger partial charge in [0, 0.05) is 5.39 Å². The van der Waals surface area contributed by atoms with Crippen LogP contribution in [-0.2, 0) is 0 Å². The lowest BCUT2D eigenvalue weighted by atomic mass is 10.2. The molecule has 94 valence electrons. The first kappa shape index (κ1) is 11.7. The summed E-state index contributed by atoms with van der Waals surface area (Å²) in [5, 5.41) is 1.16. The number of nitrogen functional groups attached to an aromatic ring is 1. The number of hydrogen-bond donors (Lipinski definition) is 1. The van der Waals surface area contributed by atoms with Gasteiger partial charge in [0.25, 0.3) is 0 Å². The van der Waals surface area contributed by atoms with Crippen molar-refractivity contribution in [2.75, 3.05) is 5.73 Å². The first-order valence-corrected chi connectivity index (χ1v) is 5.90. The van der Waals surface area contributed by atoms with E-state index in [1.807, 2.05) is 30.3 Å². The van der Waals surface area contributed by atoms with Gasteiger partial charge in [0.2, 0.25) is 5.88 Å². The quantitative estimate of drug-likeness (QED) is 0.776. The number of pyridine rings is 1. The smallest absolute Gasteiger partial charge is 0.243 e. The van der Waals surface area contributed by atoms with Gasteiger partial charge in [-0.25, -0.2) is 4.98 Å². The fraction of sp³-hybridized carbons (Fsp3) is 0. The van der Waals surface area contributed by atoms with Crippen LogP contribution in [0, 0.1) is 0 Å². The lowest BCUT2D eigenvalue weighted by Gasteiger charge is -2.07. The van der Waals surface area contributed by atoms with E-state index in [1.165, 1.54) is 6.33 Å². The molecular weight excluding hydrogens is 264 g/mol. The van der Waals surface area contributed by atoms with Crippen LogP contribution in [0.15, 0.2) is 42.9 Å². The van der Waals surface area contributed by atoms with E-state index in [4.69, 9.17) is 22.1 Å². The van der Waals surface area contributed by atoms with E-state index in [2.05, 4.69) is 15.0 Å². The van der Waals surface area contributed by atoms with Gasteiger partial charge in [-0.3, -0.25) is 4.98 Å². The average molecular weight is 273 g/mol. The molecule has 0 aliphatic rings. The third-order valence-corrected chi connectivity index (χ3v) is 2.92. The van der Waals surface area contributed by atoms with Crippen molar-refractivity contribution in [1.29, 1.82) is 0 Å². The van der Waals surface area contributed by atoms with Crippen molar-refractivity contribution < 1.29 is 4.74 Å². The summed E-state index contributed by atoms with van der Waals surface area (Å²) < 4.78 is 5.57. The number of hydrogen-bond acceptors (Lipinski definition) is 5. The number of ether oxygens (including phenoxy) is 1. The van der Waals surface area contributed by atoms with E-state index in [9.17, 15) is 0 Å². The molecule has 1 aromatic carbocycles. The number of nitrogens with zero attached hydrogens (tertiary/aromatic N) is 3. The third-order valence-electron chi connectivity index (χ3n) is 2.56. The van der Waals surface area contributed by atoms with Gasteiger partial charge < -0.3 is 10.5 Å². The molecule has 6 heteroatoms. The van der Waals surface area contributed by atoms with Crippen LogP contribution in [0.2, 0.25) is 5.02 Å². The number of para-hydroxylation sites is 1. The Morgan fingerprint density at radius 1 is 1.11 bits per heavy atom. The molecule has 0 saturated carbocycles. The molecule has 0 atom stereocenters. The van der Waals surface area contributed by atoms with Gasteiger partial charge in [-0.2, -0.15) is 4.98 Å². The van der Waals surface area contributed by atoms with Crippen LogP contribution in [0.4, 0.5) is 5.82 Å². The molecule has 5 nitrogen and oxygen atoms in total. The van der Waals surface area contributed by atoms with Crippen LogP contribution < -0.4 is 10.5 Å². The van der Waals surface area contributed by atoms with Crippen molar-refractivity contribution in [3.63, 3.8) is 0 Å². The molecule has 0 unspecified atom stereocenters. The highest BCUT2D eigenvalue weighted by molar-refractivity contribution is 6.34. The van der Waals surface area contributed by atoms with E-state index < -0.39 is 0 Å². The molecule has 0 bridgehead atoms. The van der Waals surface area contributed by atoms with Crippen molar-refractivity contribution in [1.82, 2.24) is 15.0 Å². The molecule has 0 radical (unpaired) electrons. The summed E-state index contributed by atoms with van der Waals surface area (Å²) in [4.78, 5) is 12.0. The zero-order valence-corrected chi connectivity index (χ0v) is 10.5. The predicted octanol–water partition coefficient (Wildman–Crippen LogP) is 3.05. The second-order valence-corrected chi connectivity index (χ2v) is 4.22. The van der Waals surface area contributed by atoms with Gasteiger partial charge in [-0.05, 0) is 12.1 Å². The lowest BCUT2D eigenvalue weighted by molar-refractivity contribution is 0.461. The summed E-state index contributed by atoms with van der Waals surface area (Å²) >= 11 is 5.97. The van der Waals surface area contributed by atoms with Crippen molar-refractivity contribution in [3.8, 4) is 11.6 Å². The molecule has 0 spiro atoms. The molecule has 0 fully saturated rings. The van der Waals surface area contributed by atoms with Gasteiger partial charge in [-0.15, -0.1) is 0 Å². The summed E-state index contributed by atoms with van der Waals surface area (Å²) in [6.45, 7) is 0. The minimum atomic E-state index is 0.181. The van der Waals surface area contributed by atoms with E-state index in [1.54, 1.807) is 6.20 Å². The number of nitrogens with two attached hydrogens (primary N) is 1. The molecule has 3 rings (SSSR count). The maximum atomic E-state index is 5.97. The molecule has 0 aliphatic carbocycles.